The number of nitrogens with zero attached hydrogens (tertiary/aromatic N) is 5. The van der Waals surface area contributed by atoms with E-state index in [9.17, 15) is 36.4 Å². The Labute approximate surface area is 269 Å². The number of hydrogen-bond acceptors (Lipinski definition) is 7. The lowest BCUT2D eigenvalue weighted by molar-refractivity contribution is -0.199. The number of aryl methyl sites for hydroxylation is 1. The van der Waals surface area contributed by atoms with Crippen LogP contribution in [-0.2, 0) is 24.3 Å². The van der Waals surface area contributed by atoms with E-state index in [4.69, 9.17) is 0 Å². The van der Waals surface area contributed by atoms with Gasteiger partial charge in [-0.25, -0.2) is 9.97 Å². The average Bonchev–Trinajstić information content (AvgIpc) is 3.53. The van der Waals surface area contributed by atoms with Gasteiger partial charge in [-0.2, -0.15) is 31.6 Å². The number of thiophene rings is 1. The molecule has 47 heavy (non-hydrogen) atoms. The van der Waals surface area contributed by atoms with Crippen molar-refractivity contribution >= 4 is 44.2 Å². The third-order valence-corrected chi connectivity index (χ3v) is 11.0. The van der Waals surface area contributed by atoms with Crippen molar-refractivity contribution < 1.29 is 31.1 Å². The van der Waals surface area contributed by atoms with Crippen LogP contribution in [-0.4, -0.2) is 62.4 Å². The molecule has 0 atom stereocenters. The van der Waals surface area contributed by atoms with E-state index in [1.807, 2.05) is 23.6 Å². The monoisotopic (exact) mass is 675 g/mol. The van der Waals surface area contributed by atoms with Gasteiger partial charge in [0.25, 0.3) is 0 Å². The number of carbonyl (C=O) groups is 1. The largest absolute Gasteiger partial charge is 0.471 e. The summed E-state index contributed by atoms with van der Waals surface area (Å²) in [5.74, 6) is -1.34. The summed E-state index contributed by atoms with van der Waals surface area (Å²) >= 11 is 1.03. The third kappa shape index (κ3) is 6.01. The number of amides is 1. The number of fused-ring (bicyclic) bond motifs is 2. The Morgan fingerprint density at radius 3 is 2.47 bits per heavy atom. The maximum Gasteiger partial charge on any atom is 0.471 e. The first-order chi connectivity index (χ1) is 22.1. The van der Waals surface area contributed by atoms with E-state index in [-0.39, 0.29) is 16.3 Å². The van der Waals surface area contributed by atoms with E-state index in [1.165, 1.54) is 12.4 Å². The second kappa shape index (κ2) is 11.1. The molecule has 15 heteroatoms. The van der Waals surface area contributed by atoms with Crippen LogP contribution >= 0.6 is 11.3 Å². The molecule has 0 radical (unpaired) electrons. The topological polar surface area (TPSA) is 98.9 Å². The van der Waals surface area contributed by atoms with E-state index in [0.717, 1.165) is 65.8 Å². The van der Waals surface area contributed by atoms with Crippen molar-refractivity contribution in [3.8, 4) is 6.07 Å². The van der Waals surface area contributed by atoms with Gasteiger partial charge in [-0.3, -0.25) is 9.69 Å². The maximum absolute atomic E-state index is 12.9. The van der Waals surface area contributed by atoms with Crippen molar-refractivity contribution in [2.75, 3.05) is 18.4 Å². The number of aromatic nitrogens is 3. The first-order valence-corrected chi connectivity index (χ1v) is 16.2. The first-order valence-electron chi connectivity index (χ1n) is 15.4. The van der Waals surface area contributed by atoms with Crippen molar-refractivity contribution in [3.05, 3.63) is 52.3 Å². The number of anilines is 1. The summed E-state index contributed by atoms with van der Waals surface area (Å²) in [6.45, 7) is 4.89. The van der Waals surface area contributed by atoms with Gasteiger partial charge in [-0.15, -0.1) is 11.3 Å². The fourth-order valence-corrected chi connectivity index (χ4v) is 8.90. The summed E-state index contributed by atoms with van der Waals surface area (Å²) in [6.07, 6.45) is -5.76. The van der Waals surface area contributed by atoms with Crippen LogP contribution in [0.3, 0.4) is 0 Å². The van der Waals surface area contributed by atoms with Crippen molar-refractivity contribution in [3.63, 3.8) is 0 Å². The number of nitriles is 1. The second-order valence-corrected chi connectivity index (χ2v) is 14.5. The van der Waals surface area contributed by atoms with E-state index in [0.29, 0.717) is 47.5 Å². The van der Waals surface area contributed by atoms with E-state index < -0.39 is 30.2 Å². The number of carbonyl (C=O) groups excluding carboxylic acids is 1. The fraction of sp³-hybridized carbons (Fsp3) is 0.500. The summed E-state index contributed by atoms with van der Waals surface area (Å²) in [5.41, 5.74) is 2.60. The molecular formula is C32H31F6N7OS. The molecule has 4 aromatic rings. The Balaban J connectivity index is 0.981. The normalized spacial score (nSPS) is 23.4. The lowest BCUT2D eigenvalue weighted by Crippen LogP contribution is -2.76. The zero-order chi connectivity index (χ0) is 33.4. The van der Waals surface area contributed by atoms with Crippen molar-refractivity contribution in [2.24, 2.45) is 5.41 Å². The van der Waals surface area contributed by atoms with E-state index in [2.05, 4.69) is 37.6 Å². The van der Waals surface area contributed by atoms with Crippen LogP contribution in [0.5, 0.6) is 0 Å². The highest BCUT2D eigenvalue weighted by molar-refractivity contribution is 7.18. The molecule has 248 valence electrons. The molecule has 8 rings (SSSR count). The zero-order valence-corrected chi connectivity index (χ0v) is 26.2. The van der Waals surface area contributed by atoms with Gasteiger partial charge in [0.05, 0.1) is 11.8 Å². The fourth-order valence-electron chi connectivity index (χ4n) is 7.88. The molecule has 1 amide bonds. The lowest BCUT2D eigenvalue weighted by atomic mass is 9.39. The predicted molar refractivity (Wildman–Crippen MR) is 164 cm³/mol. The van der Waals surface area contributed by atoms with Crippen LogP contribution in [0.15, 0.2) is 30.6 Å². The first kappa shape index (κ1) is 31.7. The minimum atomic E-state index is -4.90. The summed E-state index contributed by atoms with van der Waals surface area (Å²) in [4.78, 5) is 23.0. The van der Waals surface area contributed by atoms with Crippen LogP contribution in [0.2, 0.25) is 0 Å². The average molecular weight is 676 g/mol. The molecule has 3 saturated carbocycles. The molecule has 4 heterocycles. The molecule has 2 bridgehead atoms. The number of hydrogen-bond donors (Lipinski definition) is 2. The van der Waals surface area contributed by atoms with Gasteiger partial charge in [0.2, 0.25) is 0 Å². The zero-order valence-electron chi connectivity index (χ0n) is 25.4. The van der Waals surface area contributed by atoms with Crippen LogP contribution in [0.1, 0.15) is 53.8 Å². The third-order valence-electron chi connectivity index (χ3n) is 9.93. The summed E-state index contributed by atoms with van der Waals surface area (Å²) < 4.78 is 79.0. The van der Waals surface area contributed by atoms with E-state index >= 15 is 0 Å². The lowest BCUT2D eigenvalue weighted by Gasteiger charge is -2.70. The van der Waals surface area contributed by atoms with Crippen LogP contribution in [0.4, 0.5) is 32.2 Å². The molecular weight excluding hydrogens is 644 g/mol. The highest BCUT2D eigenvalue weighted by atomic mass is 32.1. The number of nitrogens with one attached hydrogen (secondary N) is 2. The van der Waals surface area contributed by atoms with Crippen molar-refractivity contribution in [1.29, 1.82) is 5.26 Å². The standard InChI is InChI=1S/C32H31F6N7OS/c1-18-19(12-44-6-4-20(5-7-44)42-26-24-9-22(10-31(33,34)35)47-27(24)41-17-40-26)2-3-25-23(18)8-21(11-39)45(25)16-29-13-30(14-29,15-29)43-28(46)32(36,37)38/h2-3,8-9,17,20H,4-7,10,12-16H2,1H3,(H,43,46)(H,40,41,42). The Kier molecular flexibility index (Phi) is 7.47. The molecule has 0 spiro atoms. The van der Waals surface area contributed by atoms with Crippen molar-refractivity contribution in [2.45, 2.75) is 82.5 Å². The van der Waals surface area contributed by atoms with Gasteiger partial charge in [0.15, 0.2) is 0 Å². The van der Waals surface area contributed by atoms with Crippen LogP contribution in [0.25, 0.3) is 21.1 Å². The van der Waals surface area contributed by atoms with Crippen LogP contribution < -0.4 is 10.6 Å². The van der Waals surface area contributed by atoms with Gasteiger partial charge in [-0.05, 0) is 73.8 Å². The summed E-state index contributed by atoms with van der Waals surface area (Å²) in [6, 6.07) is 9.87. The number of rotatable bonds is 8. The Bertz CT molecular complexity index is 1900. The van der Waals surface area contributed by atoms with Gasteiger partial charge in [0.1, 0.15) is 28.7 Å². The number of halogens is 6. The Morgan fingerprint density at radius 1 is 1.09 bits per heavy atom. The molecule has 1 aliphatic heterocycles. The quantitative estimate of drug-likeness (QED) is 0.204. The molecule has 8 nitrogen and oxygen atoms in total. The second-order valence-electron chi connectivity index (χ2n) is 13.4. The Hall–Kier alpha value is -3.90. The minimum Gasteiger partial charge on any atom is -0.367 e. The number of benzene rings is 1. The summed E-state index contributed by atoms with van der Waals surface area (Å²) in [5, 5.41) is 17.1. The number of piperidine rings is 1. The molecule has 3 aliphatic carbocycles. The minimum absolute atomic E-state index is 0.115. The highest BCUT2D eigenvalue weighted by Gasteiger charge is 2.69. The molecule has 4 aliphatic rings. The molecule has 4 fully saturated rings. The molecule has 2 N–H and O–H groups in total. The molecule has 1 saturated heterocycles. The maximum atomic E-state index is 12.9. The smallest absolute Gasteiger partial charge is 0.367 e. The van der Waals surface area contributed by atoms with Gasteiger partial charge >= 0.3 is 18.3 Å². The van der Waals surface area contributed by atoms with Crippen molar-refractivity contribution in [1.82, 2.24) is 24.8 Å². The highest BCUT2D eigenvalue weighted by Crippen LogP contribution is 2.68. The number of likely N-dealkylation sites (tertiary alicyclic amines) is 1. The molecule has 1 aromatic carbocycles. The SMILES string of the molecule is Cc1c(CN2CCC(Nc3ncnc4sc(CC(F)(F)F)cc34)CC2)ccc2c1cc(C#N)n2CC12CC(NC(=O)C(F)(F)F)(C1)C2. The Morgan fingerprint density at radius 2 is 1.81 bits per heavy atom. The van der Waals surface area contributed by atoms with Crippen LogP contribution in [0, 0.1) is 23.7 Å². The van der Waals surface area contributed by atoms with Gasteiger partial charge in [-0.1, -0.05) is 6.07 Å². The summed E-state index contributed by atoms with van der Waals surface area (Å²) in [7, 11) is 0. The van der Waals surface area contributed by atoms with Gasteiger partial charge < -0.3 is 15.2 Å². The van der Waals surface area contributed by atoms with Gasteiger partial charge in [0, 0.05) is 53.5 Å². The molecule has 3 aromatic heterocycles. The predicted octanol–water partition coefficient (Wildman–Crippen LogP) is 6.61. The number of alkyl halides is 6. The van der Waals surface area contributed by atoms with E-state index in [1.54, 1.807) is 0 Å². The molecule has 0 unspecified atom stereocenters.